The summed E-state index contributed by atoms with van der Waals surface area (Å²) in [5.74, 6) is -0.259. The van der Waals surface area contributed by atoms with Gasteiger partial charge in [0, 0.05) is 0 Å². The minimum absolute atomic E-state index is 0.259. The molecule has 0 aromatic rings. The summed E-state index contributed by atoms with van der Waals surface area (Å²) in [4.78, 5) is 0. The van der Waals surface area contributed by atoms with Crippen molar-refractivity contribution < 1.29 is 25.9 Å². The van der Waals surface area contributed by atoms with E-state index in [2.05, 4.69) is 0 Å². The molecule has 0 heterocycles. The second-order valence-corrected chi connectivity index (χ2v) is 8.39. The number of unbranched alkanes of at least 4 members (excludes halogenated alkanes) is 5. The van der Waals surface area contributed by atoms with Crippen molar-refractivity contribution in [3.8, 4) is 0 Å². The smallest absolute Gasteiger partial charge is 0.267 e. The van der Waals surface area contributed by atoms with E-state index in [1.807, 2.05) is 6.92 Å². The summed E-state index contributed by atoms with van der Waals surface area (Å²) in [7, 11) is -7.90. The van der Waals surface area contributed by atoms with Crippen LogP contribution in [0.1, 0.15) is 64.7 Å². The molecule has 20 heavy (non-hydrogen) atoms. The molecule has 0 fully saturated rings. The summed E-state index contributed by atoms with van der Waals surface area (Å²) in [5, 5.41) is -0.712. The van der Waals surface area contributed by atoms with Crippen LogP contribution in [0.2, 0.25) is 0 Å². The third-order valence-electron chi connectivity index (χ3n) is 3.23. The first-order chi connectivity index (χ1) is 9.17. The van der Waals surface area contributed by atoms with E-state index in [1.165, 1.54) is 0 Å². The van der Waals surface area contributed by atoms with Crippen LogP contribution in [0.25, 0.3) is 0 Å². The standard InChI is InChI=1S/C12H26O6S2/c1-2-3-6-9-12(20(16,17)18)10-7-4-5-8-11-19(13,14)15/h12H,2-11H2,1H3,(H,13,14,15)(H,16,17,18). The molecule has 0 saturated heterocycles. The van der Waals surface area contributed by atoms with Gasteiger partial charge in [0.1, 0.15) is 0 Å². The van der Waals surface area contributed by atoms with Gasteiger partial charge in [0.2, 0.25) is 0 Å². The zero-order valence-electron chi connectivity index (χ0n) is 12.0. The summed E-state index contributed by atoms with van der Waals surface area (Å²) < 4.78 is 61.1. The van der Waals surface area contributed by atoms with E-state index in [-0.39, 0.29) is 5.75 Å². The van der Waals surface area contributed by atoms with Gasteiger partial charge >= 0.3 is 0 Å². The van der Waals surface area contributed by atoms with Crippen molar-refractivity contribution in [1.82, 2.24) is 0 Å². The summed E-state index contributed by atoms with van der Waals surface area (Å²) in [6, 6.07) is 0. The van der Waals surface area contributed by atoms with Crippen LogP contribution in [0, 0.1) is 0 Å². The van der Waals surface area contributed by atoms with Gasteiger partial charge in [-0.3, -0.25) is 9.11 Å². The molecule has 0 aliphatic heterocycles. The second-order valence-electron chi connectivity index (χ2n) is 5.12. The SMILES string of the molecule is CCCCCC(CCCCCCS(=O)(=O)O)S(=O)(=O)O. The highest BCUT2D eigenvalue weighted by molar-refractivity contribution is 7.86. The summed E-state index contributed by atoms with van der Waals surface area (Å²) in [5.41, 5.74) is 0. The summed E-state index contributed by atoms with van der Waals surface area (Å²) in [6.45, 7) is 2.03. The van der Waals surface area contributed by atoms with Crippen LogP contribution < -0.4 is 0 Å². The Hall–Kier alpha value is -0.180. The lowest BCUT2D eigenvalue weighted by molar-refractivity contribution is 0.445. The van der Waals surface area contributed by atoms with E-state index >= 15 is 0 Å². The monoisotopic (exact) mass is 330 g/mol. The van der Waals surface area contributed by atoms with Crippen LogP contribution in [0.4, 0.5) is 0 Å². The highest BCUT2D eigenvalue weighted by Gasteiger charge is 2.21. The zero-order valence-corrected chi connectivity index (χ0v) is 13.6. The van der Waals surface area contributed by atoms with Crippen molar-refractivity contribution in [3.05, 3.63) is 0 Å². The maximum Gasteiger partial charge on any atom is 0.267 e. The molecular formula is C12H26O6S2. The first-order valence-electron chi connectivity index (χ1n) is 7.08. The maximum atomic E-state index is 11.2. The molecule has 0 spiro atoms. The van der Waals surface area contributed by atoms with Gasteiger partial charge in [-0.05, 0) is 19.3 Å². The fourth-order valence-electron chi connectivity index (χ4n) is 2.07. The van der Waals surface area contributed by atoms with Gasteiger partial charge < -0.3 is 0 Å². The minimum atomic E-state index is -4.00. The summed E-state index contributed by atoms with van der Waals surface area (Å²) in [6.07, 6.45) is 5.89. The van der Waals surface area contributed by atoms with Crippen LogP contribution >= 0.6 is 0 Å². The van der Waals surface area contributed by atoms with Crippen LogP contribution in [0.15, 0.2) is 0 Å². The predicted octanol–water partition coefficient (Wildman–Crippen LogP) is 2.66. The van der Waals surface area contributed by atoms with Crippen molar-refractivity contribution >= 4 is 20.2 Å². The molecule has 1 atom stereocenters. The predicted molar refractivity (Wildman–Crippen MR) is 79.0 cm³/mol. The van der Waals surface area contributed by atoms with Crippen LogP contribution in [-0.4, -0.2) is 36.9 Å². The molecule has 6 nitrogen and oxygen atoms in total. The largest absolute Gasteiger partial charge is 0.286 e. The molecule has 0 amide bonds. The molecule has 0 bridgehead atoms. The second kappa shape index (κ2) is 9.70. The van der Waals surface area contributed by atoms with Crippen molar-refractivity contribution in [1.29, 1.82) is 0 Å². The van der Waals surface area contributed by atoms with E-state index in [0.29, 0.717) is 38.5 Å². The average molecular weight is 330 g/mol. The van der Waals surface area contributed by atoms with Gasteiger partial charge in [0.25, 0.3) is 20.2 Å². The Morgan fingerprint density at radius 3 is 1.75 bits per heavy atom. The number of hydrogen-bond donors (Lipinski definition) is 2. The van der Waals surface area contributed by atoms with Crippen molar-refractivity contribution in [2.75, 3.05) is 5.75 Å². The third-order valence-corrected chi connectivity index (χ3v) is 5.35. The minimum Gasteiger partial charge on any atom is -0.286 e. The van der Waals surface area contributed by atoms with Crippen LogP contribution in [0.3, 0.4) is 0 Å². The van der Waals surface area contributed by atoms with Gasteiger partial charge in [0.05, 0.1) is 11.0 Å². The quantitative estimate of drug-likeness (QED) is 0.420. The molecule has 1 unspecified atom stereocenters. The topological polar surface area (TPSA) is 109 Å². The molecule has 122 valence electrons. The Labute approximate surface area is 122 Å². The van der Waals surface area contributed by atoms with Crippen LogP contribution in [-0.2, 0) is 20.2 Å². The van der Waals surface area contributed by atoms with Crippen LogP contribution in [0.5, 0.6) is 0 Å². The fraction of sp³-hybridized carbons (Fsp3) is 1.00. The molecule has 0 aromatic heterocycles. The molecule has 2 N–H and O–H groups in total. The lowest BCUT2D eigenvalue weighted by Crippen LogP contribution is -2.20. The Morgan fingerprint density at radius 2 is 1.30 bits per heavy atom. The maximum absolute atomic E-state index is 11.2. The Balaban J connectivity index is 3.91. The normalized spacial score (nSPS) is 14.3. The molecule has 0 radical (unpaired) electrons. The van der Waals surface area contributed by atoms with E-state index in [1.54, 1.807) is 0 Å². The fourth-order valence-corrected chi connectivity index (χ4v) is 3.57. The summed E-state index contributed by atoms with van der Waals surface area (Å²) >= 11 is 0. The van der Waals surface area contributed by atoms with Crippen molar-refractivity contribution in [2.24, 2.45) is 0 Å². The van der Waals surface area contributed by atoms with E-state index in [4.69, 9.17) is 9.11 Å². The highest BCUT2D eigenvalue weighted by Crippen LogP contribution is 2.17. The third kappa shape index (κ3) is 11.6. The first kappa shape index (κ1) is 19.8. The molecule has 8 heteroatoms. The van der Waals surface area contributed by atoms with Gasteiger partial charge in [-0.15, -0.1) is 0 Å². The van der Waals surface area contributed by atoms with E-state index in [9.17, 15) is 16.8 Å². The number of hydrogen-bond acceptors (Lipinski definition) is 4. The Bertz CT molecular complexity index is 441. The Kier molecular flexibility index (Phi) is 9.61. The molecule has 0 aliphatic rings. The average Bonchev–Trinajstić information content (AvgIpc) is 2.28. The number of rotatable bonds is 12. The lowest BCUT2D eigenvalue weighted by atomic mass is 10.1. The lowest BCUT2D eigenvalue weighted by Gasteiger charge is -2.13. The van der Waals surface area contributed by atoms with E-state index < -0.39 is 25.5 Å². The Morgan fingerprint density at radius 1 is 0.800 bits per heavy atom. The molecule has 0 aromatic carbocycles. The molecule has 0 saturated carbocycles. The molecule has 0 aliphatic carbocycles. The van der Waals surface area contributed by atoms with Crippen molar-refractivity contribution in [3.63, 3.8) is 0 Å². The van der Waals surface area contributed by atoms with Crippen molar-refractivity contribution in [2.45, 2.75) is 70.0 Å². The van der Waals surface area contributed by atoms with Gasteiger partial charge in [0.15, 0.2) is 0 Å². The molecule has 0 rings (SSSR count). The first-order valence-corrected chi connectivity index (χ1v) is 10.2. The van der Waals surface area contributed by atoms with Gasteiger partial charge in [-0.25, -0.2) is 0 Å². The highest BCUT2D eigenvalue weighted by atomic mass is 32.2. The van der Waals surface area contributed by atoms with E-state index in [0.717, 1.165) is 19.3 Å². The zero-order chi connectivity index (χ0) is 15.6. The van der Waals surface area contributed by atoms with Gasteiger partial charge in [-0.2, -0.15) is 16.8 Å². The molecular weight excluding hydrogens is 304 g/mol. The van der Waals surface area contributed by atoms with Gasteiger partial charge in [-0.1, -0.05) is 45.4 Å².